The highest BCUT2D eigenvalue weighted by molar-refractivity contribution is 8.00. The van der Waals surface area contributed by atoms with Crippen molar-refractivity contribution in [3.63, 3.8) is 0 Å². The molecule has 1 aliphatic heterocycles. The Morgan fingerprint density at radius 1 is 1.06 bits per heavy atom. The van der Waals surface area contributed by atoms with Crippen LogP contribution in [0.2, 0.25) is 0 Å². The van der Waals surface area contributed by atoms with Crippen LogP contribution in [0.25, 0.3) is 5.70 Å². The second kappa shape index (κ2) is 12.8. The average Bonchev–Trinajstić information content (AvgIpc) is 3.19. The van der Waals surface area contributed by atoms with E-state index in [1.54, 1.807) is 11.8 Å². The Kier molecular flexibility index (Phi) is 9.75. The molecular formula is C28H34N4O2S2. The Labute approximate surface area is 223 Å². The molecule has 0 fully saturated rings. The van der Waals surface area contributed by atoms with Gasteiger partial charge in [-0.2, -0.15) is 0 Å². The molecule has 6 nitrogen and oxygen atoms in total. The van der Waals surface area contributed by atoms with Gasteiger partial charge in [0, 0.05) is 28.6 Å². The number of likely N-dealkylation sites (N-methyl/N-ethyl adjacent to an activating group) is 1. The number of carbonyl (C=O) groups is 1. The number of ether oxygens (including phenoxy) is 1. The Hall–Kier alpha value is -3.07. The van der Waals surface area contributed by atoms with E-state index in [2.05, 4.69) is 29.7 Å². The van der Waals surface area contributed by atoms with Crippen LogP contribution in [0, 0.1) is 0 Å². The van der Waals surface area contributed by atoms with Crippen LogP contribution in [-0.2, 0) is 11.2 Å². The fourth-order valence-electron chi connectivity index (χ4n) is 3.80. The van der Waals surface area contributed by atoms with E-state index in [9.17, 15) is 4.79 Å². The van der Waals surface area contributed by atoms with Gasteiger partial charge in [0.1, 0.15) is 5.75 Å². The molecule has 1 aliphatic rings. The van der Waals surface area contributed by atoms with Crippen molar-refractivity contribution in [2.75, 3.05) is 18.6 Å². The highest BCUT2D eigenvalue weighted by Crippen LogP contribution is 2.45. The smallest absolute Gasteiger partial charge is 0.255 e. The molecule has 4 rings (SSSR count). The summed E-state index contributed by atoms with van der Waals surface area (Å²) < 4.78 is 5.42. The molecule has 3 aromatic rings. The van der Waals surface area contributed by atoms with Crippen molar-refractivity contribution >= 4 is 41.7 Å². The molecular weight excluding hydrogens is 488 g/mol. The molecule has 0 saturated heterocycles. The van der Waals surface area contributed by atoms with Gasteiger partial charge in [0.15, 0.2) is 6.61 Å². The van der Waals surface area contributed by atoms with Crippen LogP contribution >= 0.6 is 24.4 Å². The summed E-state index contributed by atoms with van der Waals surface area (Å²) in [7, 11) is 2.05. The predicted molar refractivity (Wildman–Crippen MR) is 153 cm³/mol. The van der Waals surface area contributed by atoms with Crippen molar-refractivity contribution in [3.05, 3.63) is 89.5 Å². The molecule has 1 heterocycles. The van der Waals surface area contributed by atoms with Gasteiger partial charge in [0.25, 0.3) is 5.91 Å². The van der Waals surface area contributed by atoms with Crippen molar-refractivity contribution in [3.8, 4) is 5.75 Å². The number of thiol groups is 1. The number of allylic oxidation sites excluding steroid dienone is 1. The average molecular weight is 523 g/mol. The minimum atomic E-state index is -0.494. The monoisotopic (exact) mass is 522 g/mol. The number of rotatable bonds is 7. The molecule has 1 amide bonds. The first kappa shape index (κ1) is 27.5. The molecule has 190 valence electrons. The number of hydrogen-bond donors (Lipinski definition) is 4. The topological polar surface area (TPSA) is 108 Å². The number of anilines is 1. The van der Waals surface area contributed by atoms with E-state index >= 15 is 0 Å². The van der Waals surface area contributed by atoms with Gasteiger partial charge in [-0.25, -0.2) is 0 Å². The highest BCUT2D eigenvalue weighted by Gasteiger charge is 2.32. The van der Waals surface area contributed by atoms with Crippen molar-refractivity contribution in [1.29, 1.82) is 0 Å². The molecule has 8 heteroatoms. The van der Waals surface area contributed by atoms with Crippen LogP contribution < -0.4 is 26.8 Å². The SMILES string of the molecule is CC(C)=C(N)c1cccc(CC(N)C2Sc3cc(OCC(N)=O)ccc3N2C)c1.Sc1ccccc1. The molecule has 0 saturated carbocycles. The summed E-state index contributed by atoms with van der Waals surface area (Å²) in [6, 6.07) is 23.7. The van der Waals surface area contributed by atoms with E-state index in [-0.39, 0.29) is 18.0 Å². The van der Waals surface area contributed by atoms with Gasteiger partial charge < -0.3 is 26.8 Å². The zero-order valence-corrected chi connectivity index (χ0v) is 22.6. The lowest BCUT2D eigenvalue weighted by Gasteiger charge is -2.27. The standard InChI is InChI=1S/C22H28N4O2S.C6H6S/c1-13(2)21(25)15-6-4-5-14(9-15)10-17(23)22-26(3)18-8-7-16(11-19(18)29-22)28-12-20(24)27;7-6-4-2-1-3-5-6/h4-9,11,17,22H,10,12,23,25H2,1-3H3,(H2,24,27);1-5,7H. The quantitative estimate of drug-likeness (QED) is 0.336. The zero-order valence-electron chi connectivity index (χ0n) is 20.8. The van der Waals surface area contributed by atoms with Gasteiger partial charge >= 0.3 is 0 Å². The van der Waals surface area contributed by atoms with E-state index in [4.69, 9.17) is 21.9 Å². The Balaban J connectivity index is 0.000000444. The minimum Gasteiger partial charge on any atom is -0.484 e. The van der Waals surface area contributed by atoms with Gasteiger partial charge in [-0.1, -0.05) is 53.7 Å². The summed E-state index contributed by atoms with van der Waals surface area (Å²) in [6.45, 7) is 3.89. The maximum Gasteiger partial charge on any atom is 0.255 e. The summed E-state index contributed by atoms with van der Waals surface area (Å²) in [5, 5.41) is 0.0980. The number of amides is 1. The van der Waals surface area contributed by atoms with E-state index in [0.29, 0.717) is 5.75 Å². The van der Waals surface area contributed by atoms with Crippen molar-refractivity contribution in [2.24, 2.45) is 17.2 Å². The van der Waals surface area contributed by atoms with Crippen LogP contribution in [0.4, 0.5) is 5.69 Å². The lowest BCUT2D eigenvalue weighted by Crippen LogP contribution is -2.43. The third-order valence-corrected chi connectivity index (χ3v) is 7.48. The number of fused-ring (bicyclic) bond motifs is 1. The molecule has 2 atom stereocenters. The summed E-state index contributed by atoms with van der Waals surface area (Å²) in [5.41, 5.74) is 23.1. The number of hydrogen-bond acceptors (Lipinski definition) is 7. The Bertz CT molecular complexity index is 1210. The molecule has 36 heavy (non-hydrogen) atoms. The van der Waals surface area contributed by atoms with Crippen LogP contribution in [0.5, 0.6) is 5.75 Å². The van der Waals surface area contributed by atoms with Gasteiger partial charge in [0.05, 0.1) is 11.1 Å². The first-order chi connectivity index (χ1) is 17.2. The van der Waals surface area contributed by atoms with Crippen molar-refractivity contribution in [1.82, 2.24) is 0 Å². The number of nitrogens with two attached hydrogens (primary N) is 3. The summed E-state index contributed by atoms with van der Waals surface area (Å²) in [5.74, 6) is 0.133. The molecule has 3 aromatic carbocycles. The summed E-state index contributed by atoms with van der Waals surface area (Å²) in [6.07, 6.45) is 0.741. The maximum absolute atomic E-state index is 10.9. The lowest BCUT2D eigenvalue weighted by atomic mass is 10.0. The third kappa shape index (κ3) is 7.46. The normalized spacial score (nSPS) is 14.8. The summed E-state index contributed by atoms with van der Waals surface area (Å²) in [4.78, 5) is 15.2. The van der Waals surface area contributed by atoms with E-state index in [1.807, 2.05) is 81.6 Å². The van der Waals surface area contributed by atoms with E-state index < -0.39 is 5.91 Å². The molecule has 6 N–H and O–H groups in total. The highest BCUT2D eigenvalue weighted by atomic mass is 32.2. The second-order valence-corrected chi connectivity index (χ2v) is 10.5. The van der Waals surface area contributed by atoms with Crippen molar-refractivity contribution < 1.29 is 9.53 Å². The predicted octanol–water partition coefficient (Wildman–Crippen LogP) is 4.67. The van der Waals surface area contributed by atoms with Gasteiger partial charge in [-0.15, -0.1) is 12.6 Å². The van der Waals surface area contributed by atoms with Gasteiger partial charge in [0.2, 0.25) is 0 Å². The number of benzene rings is 3. The molecule has 2 unspecified atom stereocenters. The zero-order chi connectivity index (χ0) is 26.2. The van der Waals surface area contributed by atoms with Gasteiger partial charge in [-0.05, 0) is 67.8 Å². The maximum atomic E-state index is 10.9. The molecule has 0 radical (unpaired) electrons. The van der Waals surface area contributed by atoms with Gasteiger partial charge in [-0.3, -0.25) is 4.79 Å². The molecule has 0 aliphatic carbocycles. The van der Waals surface area contributed by atoms with E-state index in [1.165, 1.54) is 0 Å². The Morgan fingerprint density at radius 2 is 1.78 bits per heavy atom. The van der Waals surface area contributed by atoms with Crippen molar-refractivity contribution in [2.45, 2.75) is 41.5 Å². The number of thioether (sulfide) groups is 1. The third-order valence-electron chi connectivity index (χ3n) is 5.69. The van der Waals surface area contributed by atoms with Crippen LogP contribution in [0.15, 0.2) is 88.2 Å². The van der Waals surface area contributed by atoms with Crippen LogP contribution in [-0.4, -0.2) is 31.0 Å². The fourth-order valence-corrected chi connectivity index (χ4v) is 5.29. The number of primary amides is 1. The lowest BCUT2D eigenvalue weighted by molar-refractivity contribution is -0.119. The molecule has 0 bridgehead atoms. The fraction of sp³-hybridized carbons (Fsp3) is 0.250. The summed E-state index contributed by atoms with van der Waals surface area (Å²) >= 11 is 5.79. The Morgan fingerprint density at radius 3 is 2.39 bits per heavy atom. The minimum absolute atomic E-state index is 0.0736. The molecule has 0 spiro atoms. The molecule has 0 aromatic heterocycles. The van der Waals surface area contributed by atoms with Crippen LogP contribution in [0.3, 0.4) is 0 Å². The number of nitrogens with zero attached hydrogens (tertiary/aromatic N) is 1. The number of carbonyl (C=O) groups excluding carboxylic acids is 1. The first-order valence-corrected chi connectivity index (χ1v) is 12.9. The van der Waals surface area contributed by atoms with Crippen LogP contribution in [0.1, 0.15) is 25.0 Å². The largest absolute Gasteiger partial charge is 0.484 e. The van der Waals surface area contributed by atoms with E-state index in [0.717, 1.165) is 44.3 Å². The second-order valence-electron chi connectivity index (χ2n) is 8.82. The first-order valence-electron chi connectivity index (χ1n) is 11.6.